The number of hydrogen-bond donors (Lipinski definition) is 1. The molecule has 3 aromatic rings. The fourth-order valence-electron chi connectivity index (χ4n) is 3.65. The normalized spacial score (nSPS) is 10.7. The van der Waals surface area contributed by atoms with Gasteiger partial charge in [0.05, 0.1) is 12.2 Å². The summed E-state index contributed by atoms with van der Waals surface area (Å²) in [6.07, 6.45) is 10.2. The number of benzene rings is 3. The summed E-state index contributed by atoms with van der Waals surface area (Å²) in [5.74, 6) is 1.08. The van der Waals surface area contributed by atoms with Gasteiger partial charge in [0.25, 0.3) is 0 Å². The van der Waals surface area contributed by atoms with E-state index in [1.807, 2.05) is 36.4 Å². The Hall–Kier alpha value is -3.27. The summed E-state index contributed by atoms with van der Waals surface area (Å²) in [4.78, 5) is 12.5. The topological polar surface area (TPSA) is 55.8 Å². The molecule has 4 heteroatoms. The van der Waals surface area contributed by atoms with Crippen LogP contribution in [0.3, 0.4) is 0 Å². The van der Waals surface area contributed by atoms with Crippen LogP contribution in [0.4, 0.5) is 0 Å². The average molecular weight is 447 g/mol. The molecule has 0 radical (unpaired) electrons. The molecule has 0 aliphatic carbocycles. The van der Waals surface area contributed by atoms with Crippen LogP contribution in [0, 0.1) is 0 Å². The molecule has 0 aromatic heterocycles. The van der Waals surface area contributed by atoms with Crippen LogP contribution in [0.1, 0.15) is 68.6 Å². The van der Waals surface area contributed by atoms with Gasteiger partial charge in [-0.05, 0) is 66.1 Å². The molecule has 0 fully saturated rings. The van der Waals surface area contributed by atoms with Gasteiger partial charge in [-0.1, -0.05) is 76.1 Å². The Morgan fingerprint density at radius 2 is 1.18 bits per heavy atom. The van der Waals surface area contributed by atoms with Gasteiger partial charge in [0.15, 0.2) is 0 Å². The summed E-state index contributed by atoms with van der Waals surface area (Å²) in [5.41, 5.74) is 2.44. The number of hydrogen-bond acceptors (Lipinski definition) is 4. The van der Waals surface area contributed by atoms with Crippen molar-refractivity contribution in [3.63, 3.8) is 0 Å². The molecule has 0 aliphatic rings. The summed E-state index contributed by atoms with van der Waals surface area (Å²) >= 11 is 0. The quantitative estimate of drug-likeness (QED) is 0.165. The molecule has 0 aliphatic heterocycles. The lowest BCUT2D eigenvalue weighted by Crippen LogP contribution is -2.08. The van der Waals surface area contributed by atoms with Crippen LogP contribution in [0.25, 0.3) is 11.1 Å². The van der Waals surface area contributed by atoms with E-state index in [0.29, 0.717) is 17.9 Å². The van der Waals surface area contributed by atoms with E-state index in [9.17, 15) is 9.90 Å². The Morgan fingerprint density at radius 3 is 1.79 bits per heavy atom. The summed E-state index contributed by atoms with van der Waals surface area (Å²) in [6, 6.07) is 21.4. The number of phenols is 1. The molecule has 1 N–H and O–H groups in total. The van der Waals surface area contributed by atoms with Gasteiger partial charge in [-0.2, -0.15) is 0 Å². The van der Waals surface area contributed by atoms with Crippen LogP contribution < -0.4 is 9.47 Å². The van der Waals surface area contributed by atoms with Crippen molar-refractivity contribution in [2.75, 3.05) is 6.61 Å². The van der Waals surface area contributed by atoms with Crippen molar-refractivity contribution in [3.05, 3.63) is 78.4 Å². The van der Waals surface area contributed by atoms with Gasteiger partial charge >= 0.3 is 5.97 Å². The van der Waals surface area contributed by atoms with E-state index in [1.54, 1.807) is 36.4 Å². The summed E-state index contributed by atoms with van der Waals surface area (Å²) in [7, 11) is 0. The predicted molar refractivity (Wildman–Crippen MR) is 133 cm³/mol. The molecule has 174 valence electrons. The zero-order chi connectivity index (χ0) is 23.3. The van der Waals surface area contributed by atoms with E-state index in [1.165, 1.54) is 44.9 Å². The molecule has 3 aromatic carbocycles. The number of carbonyl (C=O) groups is 1. The Morgan fingerprint density at radius 1 is 0.667 bits per heavy atom. The zero-order valence-corrected chi connectivity index (χ0v) is 19.5. The number of phenolic OH excluding ortho intramolecular Hbond substituents is 1. The van der Waals surface area contributed by atoms with Crippen molar-refractivity contribution in [1.82, 2.24) is 0 Å². The minimum absolute atomic E-state index is 0.230. The van der Waals surface area contributed by atoms with Gasteiger partial charge in [-0.3, -0.25) is 0 Å². The number of unbranched alkanes of at least 4 members (excludes halogenated alkanes) is 7. The molecule has 0 heterocycles. The highest BCUT2D eigenvalue weighted by atomic mass is 16.5. The SMILES string of the molecule is CCCCCCCCCCOc1ccc(C(=O)Oc2ccc(-c3ccc(O)cc3)cc2)cc1. The minimum atomic E-state index is -0.401. The van der Waals surface area contributed by atoms with Gasteiger partial charge in [0.1, 0.15) is 17.2 Å². The molecule has 0 spiro atoms. The van der Waals surface area contributed by atoms with Gasteiger partial charge in [-0.15, -0.1) is 0 Å². The van der Waals surface area contributed by atoms with E-state index in [0.717, 1.165) is 23.3 Å². The van der Waals surface area contributed by atoms with Crippen LogP contribution in [0.5, 0.6) is 17.2 Å². The van der Waals surface area contributed by atoms with E-state index >= 15 is 0 Å². The molecule has 0 bridgehead atoms. The molecule has 3 rings (SSSR count). The standard InChI is InChI=1S/C29H34O4/c1-2-3-4-5-6-7-8-9-22-32-27-18-14-25(15-19-27)29(31)33-28-20-12-24(13-21-28)23-10-16-26(30)17-11-23/h10-21,30H,2-9,22H2,1H3. The summed E-state index contributed by atoms with van der Waals surface area (Å²) in [5, 5.41) is 9.41. The summed E-state index contributed by atoms with van der Waals surface area (Å²) in [6.45, 7) is 2.94. The highest BCUT2D eigenvalue weighted by molar-refractivity contribution is 5.91. The Kier molecular flexibility index (Phi) is 9.84. The van der Waals surface area contributed by atoms with Gasteiger partial charge in [0, 0.05) is 0 Å². The fourth-order valence-corrected chi connectivity index (χ4v) is 3.65. The van der Waals surface area contributed by atoms with Crippen molar-refractivity contribution < 1.29 is 19.4 Å². The minimum Gasteiger partial charge on any atom is -0.508 e. The van der Waals surface area contributed by atoms with E-state index in [-0.39, 0.29) is 5.75 Å². The Bertz CT molecular complexity index is 960. The molecule has 0 saturated carbocycles. The highest BCUT2D eigenvalue weighted by Crippen LogP contribution is 2.25. The smallest absolute Gasteiger partial charge is 0.343 e. The van der Waals surface area contributed by atoms with Crippen LogP contribution in [0.15, 0.2) is 72.8 Å². The number of aromatic hydroxyl groups is 1. The lowest BCUT2D eigenvalue weighted by atomic mass is 10.1. The number of ether oxygens (including phenoxy) is 2. The molecule has 0 unspecified atom stereocenters. The average Bonchev–Trinajstić information content (AvgIpc) is 2.84. The first-order chi connectivity index (χ1) is 16.2. The third-order valence-corrected chi connectivity index (χ3v) is 5.62. The van der Waals surface area contributed by atoms with Crippen molar-refractivity contribution in [2.45, 2.75) is 58.3 Å². The Balaban J connectivity index is 1.39. The first kappa shape index (κ1) is 24.4. The lowest BCUT2D eigenvalue weighted by molar-refractivity contribution is 0.0734. The maximum absolute atomic E-state index is 12.5. The second-order valence-electron chi connectivity index (χ2n) is 8.31. The molecular weight excluding hydrogens is 412 g/mol. The zero-order valence-electron chi connectivity index (χ0n) is 19.5. The maximum atomic E-state index is 12.5. The van der Waals surface area contributed by atoms with Crippen molar-refractivity contribution in [2.24, 2.45) is 0 Å². The van der Waals surface area contributed by atoms with Crippen LogP contribution in [-0.4, -0.2) is 17.7 Å². The van der Waals surface area contributed by atoms with Crippen molar-refractivity contribution >= 4 is 5.97 Å². The Labute approximate surface area is 197 Å². The lowest BCUT2D eigenvalue weighted by Gasteiger charge is -2.08. The molecular formula is C29H34O4. The van der Waals surface area contributed by atoms with Crippen LogP contribution in [0.2, 0.25) is 0 Å². The van der Waals surface area contributed by atoms with E-state index < -0.39 is 5.97 Å². The van der Waals surface area contributed by atoms with Crippen LogP contribution in [-0.2, 0) is 0 Å². The van der Waals surface area contributed by atoms with Crippen molar-refractivity contribution in [3.8, 4) is 28.4 Å². The largest absolute Gasteiger partial charge is 0.508 e. The third-order valence-electron chi connectivity index (χ3n) is 5.62. The third kappa shape index (κ3) is 8.30. The first-order valence-electron chi connectivity index (χ1n) is 12.0. The predicted octanol–water partition coefficient (Wildman–Crippen LogP) is 7.80. The molecule has 0 saturated heterocycles. The number of esters is 1. The molecule has 33 heavy (non-hydrogen) atoms. The van der Waals surface area contributed by atoms with Gasteiger partial charge in [0.2, 0.25) is 0 Å². The fraction of sp³-hybridized carbons (Fsp3) is 0.345. The van der Waals surface area contributed by atoms with Gasteiger partial charge < -0.3 is 14.6 Å². The monoisotopic (exact) mass is 446 g/mol. The first-order valence-corrected chi connectivity index (χ1v) is 12.0. The van der Waals surface area contributed by atoms with Crippen molar-refractivity contribution in [1.29, 1.82) is 0 Å². The number of rotatable bonds is 13. The second-order valence-corrected chi connectivity index (χ2v) is 8.31. The molecule has 4 nitrogen and oxygen atoms in total. The van der Waals surface area contributed by atoms with E-state index in [2.05, 4.69) is 6.92 Å². The second kappa shape index (κ2) is 13.3. The van der Waals surface area contributed by atoms with E-state index in [4.69, 9.17) is 9.47 Å². The summed E-state index contributed by atoms with van der Waals surface area (Å²) < 4.78 is 11.3. The number of carbonyl (C=O) groups excluding carboxylic acids is 1. The highest BCUT2D eigenvalue weighted by Gasteiger charge is 2.09. The van der Waals surface area contributed by atoms with Crippen LogP contribution >= 0.6 is 0 Å². The van der Waals surface area contributed by atoms with Gasteiger partial charge in [-0.25, -0.2) is 4.79 Å². The molecule has 0 atom stereocenters. The maximum Gasteiger partial charge on any atom is 0.343 e. The molecule has 0 amide bonds.